The van der Waals surface area contributed by atoms with E-state index in [0.29, 0.717) is 18.9 Å². The van der Waals surface area contributed by atoms with Crippen LogP contribution >= 0.6 is 9.24 Å². The van der Waals surface area contributed by atoms with E-state index in [2.05, 4.69) is 48.4 Å². The molecule has 1 aromatic rings. The van der Waals surface area contributed by atoms with Gasteiger partial charge in [-0.25, -0.2) is 0 Å². The topological polar surface area (TPSA) is 55.9 Å². The largest absolute Gasteiger partial charge is 0.368 e. The molecule has 148 valence electrons. The van der Waals surface area contributed by atoms with E-state index in [1.807, 2.05) is 6.07 Å². The third-order valence-corrected chi connectivity index (χ3v) is 6.31. The van der Waals surface area contributed by atoms with Gasteiger partial charge in [-0.15, -0.1) is 9.24 Å². The number of amides is 1. The van der Waals surface area contributed by atoms with Crippen LogP contribution in [-0.2, 0) is 9.59 Å². The summed E-state index contributed by atoms with van der Waals surface area (Å²) in [6.45, 7) is 6.75. The fraction of sp³-hybridized carbons (Fsp3) is 0.600. The van der Waals surface area contributed by atoms with E-state index in [0.717, 1.165) is 56.4 Å². The van der Waals surface area contributed by atoms with Gasteiger partial charge in [0.15, 0.2) is 0 Å². The molecule has 2 aliphatic heterocycles. The molecule has 0 aliphatic carbocycles. The fourth-order valence-electron chi connectivity index (χ4n) is 4.01. The number of aldehydes is 1. The monoisotopic (exact) mass is 390 g/mol. The van der Waals surface area contributed by atoms with E-state index in [9.17, 15) is 9.59 Å². The Morgan fingerprint density at radius 2 is 2.00 bits per heavy atom. The first-order valence-corrected chi connectivity index (χ1v) is 10.3. The van der Waals surface area contributed by atoms with Crippen LogP contribution in [0.4, 0.5) is 5.69 Å². The molecule has 27 heavy (non-hydrogen) atoms. The first-order chi connectivity index (χ1) is 13.0. The van der Waals surface area contributed by atoms with Gasteiger partial charge >= 0.3 is 0 Å². The lowest BCUT2D eigenvalue weighted by Crippen LogP contribution is -2.63. The molecule has 0 bridgehead atoms. The van der Waals surface area contributed by atoms with Crippen molar-refractivity contribution in [3.8, 4) is 0 Å². The number of hydrogen-bond donors (Lipinski definition) is 1. The van der Waals surface area contributed by atoms with E-state index in [1.54, 1.807) is 7.05 Å². The number of carbonyl (C=O) groups is 2. The summed E-state index contributed by atoms with van der Waals surface area (Å²) in [5.74, 6) is -0.309. The molecule has 2 fully saturated rings. The second kappa shape index (κ2) is 9.13. The quantitative estimate of drug-likeness (QED) is 0.541. The fourth-order valence-corrected chi connectivity index (χ4v) is 4.48. The molecule has 3 rings (SSSR count). The number of nitrogens with zero attached hydrogens (tertiary/aromatic N) is 3. The van der Waals surface area contributed by atoms with Gasteiger partial charge in [-0.3, -0.25) is 9.69 Å². The van der Waals surface area contributed by atoms with Gasteiger partial charge in [-0.05, 0) is 36.5 Å². The SMILES string of the molecule is CNC(=O)C(CCC=O)c1ccc(N2CC(N3CCN(C)CC3)C2)c(P)c1. The summed E-state index contributed by atoms with van der Waals surface area (Å²) in [5.41, 5.74) is 2.20. The van der Waals surface area contributed by atoms with E-state index < -0.39 is 0 Å². The minimum Gasteiger partial charge on any atom is -0.368 e. The van der Waals surface area contributed by atoms with Crippen LogP contribution < -0.4 is 15.5 Å². The molecule has 7 heteroatoms. The van der Waals surface area contributed by atoms with Crippen molar-refractivity contribution < 1.29 is 9.59 Å². The highest BCUT2D eigenvalue weighted by Crippen LogP contribution is 2.28. The minimum atomic E-state index is -0.275. The van der Waals surface area contributed by atoms with Crippen molar-refractivity contribution in [3.05, 3.63) is 23.8 Å². The molecule has 2 unspecified atom stereocenters. The summed E-state index contributed by atoms with van der Waals surface area (Å²) in [6, 6.07) is 6.88. The van der Waals surface area contributed by atoms with Crippen molar-refractivity contribution >= 4 is 32.4 Å². The lowest BCUT2D eigenvalue weighted by molar-refractivity contribution is -0.122. The predicted octanol–water partition coefficient (Wildman–Crippen LogP) is 0.432. The number of nitrogens with one attached hydrogen (secondary N) is 1. The Kier molecular flexibility index (Phi) is 6.85. The molecule has 0 radical (unpaired) electrons. The molecule has 2 heterocycles. The van der Waals surface area contributed by atoms with Gasteiger partial charge in [0.25, 0.3) is 0 Å². The minimum absolute atomic E-state index is 0.0342. The number of likely N-dealkylation sites (N-methyl/N-ethyl adjacent to an activating group) is 2. The molecule has 2 aliphatic rings. The molecule has 1 amide bonds. The average Bonchev–Trinajstić information content (AvgIpc) is 2.63. The summed E-state index contributed by atoms with van der Waals surface area (Å²) in [5, 5.41) is 3.83. The standard InChI is InChI=1S/C20H31N4O2P/c1-21-20(26)17(4-3-11-25)15-5-6-18(19(27)12-15)24-13-16(14-24)23-9-7-22(2)8-10-23/h5-6,11-12,16-17H,3-4,7-10,13-14,27H2,1-2H3,(H,21,26). The van der Waals surface area contributed by atoms with E-state index in [4.69, 9.17) is 0 Å². The number of anilines is 1. The van der Waals surface area contributed by atoms with Crippen molar-refractivity contribution in [1.29, 1.82) is 0 Å². The smallest absolute Gasteiger partial charge is 0.227 e. The Bertz CT molecular complexity index is 670. The van der Waals surface area contributed by atoms with E-state index in [-0.39, 0.29) is 11.8 Å². The summed E-state index contributed by atoms with van der Waals surface area (Å²) < 4.78 is 0. The Hall–Kier alpha value is -1.49. The maximum Gasteiger partial charge on any atom is 0.227 e. The molecular formula is C20H31N4O2P. The molecular weight excluding hydrogens is 359 g/mol. The van der Waals surface area contributed by atoms with Crippen molar-refractivity contribution in [3.63, 3.8) is 0 Å². The molecule has 2 atom stereocenters. The second-order valence-corrected chi connectivity index (χ2v) is 8.25. The van der Waals surface area contributed by atoms with Crippen LogP contribution in [0, 0.1) is 0 Å². The number of rotatable bonds is 7. The summed E-state index contributed by atoms with van der Waals surface area (Å²) in [4.78, 5) is 30.3. The third-order valence-electron chi connectivity index (χ3n) is 5.85. The first-order valence-electron chi connectivity index (χ1n) is 9.75. The van der Waals surface area contributed by atoms with Crippen LogP contribution in [0.3, 0.4) is 0 Å². The Morgan fingerprint density at radius 1 is 1.30 bits per heavy atom. The number of hydrogen-bond acceptors (Lipinski definition) is 5. The molecule has 2 saturated heterocycles. The van der Waals surface area contributed by atoms with Gasteiger partial charge in [-0.1, -0.05) is 6.07 Å². The van der Waals surface area contributed by atoms with Crippen LogP contribution in [0.25, 0.3) is 0 Å². The predicted molar refractivity (Wildman–Crippen MR) is 113 cm³/mol. The molecule has 1 aromatic carbocycles. The van der Waals surface area contributed by atoms with Crippen molar-refractivity contribution in [2.45, 2.75) is 24.8 Å². The van der Waals surface area contributed by atoms with Gasteiger partial charge < -0.3 is 19.9 Å². The third kappa shape index (κ3) is 4.68. The Morgan fingerprint density at radius 3 is 2.59 bits per heavy atom. The summed E-state index contributed by atoms with van der Waals surface area (Å²) >= 11 is 0. The van der Waals surface area contributed by atoms with Crippen molar-refractivity contribution in [1.82, 2.24) is 15.1 Å². The van der Waals surface area contributed by atoms with E-state index in [1.165, 1.54) is 5.69 Å². The number of piperazine rings is 1. The molecule has 0 spiro atoms. The first kappa shape index (κ1) is 20.2. The molecule has 6 nitrogen and oxygen atoms in total. The van der Waals surface area contributed by atoms with Crippen LogP contribution in [0.1, 0.15) is 24.3 Å². The maximum atomic E-state index is 12.2. The highest BCUT2D eigenvalue weighted by molar-refractivity contribution is 7.28. The highest BCUT2D eigenvalue weighted by Gasteiger charge is 2.34. The number of carbonyl (C=O) groups excluding carboxylic acids is 2. The van der Waals surface area contributed by atoms with Gasteiger partial charge in [0, 0.05) is 64.5 Å². The molecule has 0 aromatic heterocycles. The van der Waals surface area contributed by atoms with E-state index >= 15 is 0 Å². The zero-order valence-corrected chi connectivity index (χ0v) is 17.5. The number of benzene rings is 1. The summed E-state index contributed by atoms with van der Waals surface area (Å²) in [6.07, 6.45) is 1.82. The van der Waals surface area contributed by atoms with Crippen LogP contribution in [0.2, 0.25) is 0 Å². The van der Waals surface area contributed by atoms with Gasteiger partial charge in [0.1, 0.15) is 6.29 Å². The van der Waals surface area contributed by atoms with Crippen LogP contribution in [-0.4, -0.2) is 81.4 Å². The van der Waals surface area contributed by atoms with Crippen LogP contribution in [0.5, 0.6) is 0 Å². The van der Waals surface area contributed by atoms with Gasteiger partial charge in [0.05, 0.1) is 5.92 Å². The van der Waals surface area contributed by atoms with Crippen molar-refractivity contribution in [2.75, 3.05) is 58.3 Å². The Labute approximate surface area is 164 Å². The van der Waals surface area contributed by atoms with Crippen LogP contribution in [0.15, 0.2) is 18.2 Å². The Balaban J connectivity index is 1.63. The summed E-state index contributed by atoms with van der Waals surface area (Å²) in [7, 11) is 6.65. The zero-order valence-electron chi connectivity index (χ0n) is 16.4. The lowest BCUT2D eigenvalue weighted by atomic mass is 9.93. The molecule has 1 N–H and O–H groups in total. The van der Waals surface area contributed by atoms with Crippen molar-refractivity contribution in [2.24, 2.45) is 0 Å². The highest BCUT2D eigenvalue weighted by atomic mass is 31.0. The normalized spacial score (nSPS) is 20.2. The zero-order chi connectivity index (χ0) is 19.4. The van der Waals surface area contributed by atoms with Gasteiger partial charge in [-0.2, -0.15) is 0 Å². The average molecular weight is 390 g/mol. The lowest BCUT2D eigenvalue weighted by Gasteiger charge is -2.49. The molecule has 0 saturated carbocycles. The maximum absolute atomic E-state index is 12.2. The van der Waals surface area contributed by atoms with Gasteiger partial charge in [0.2, 0.25) is 5.91 Å². The second-order valence-electron chi connectivity index (χ2n) is 7.63.